The Kier molecular flexibility index (Phi) is 6.72. The predicted molar refractivity (Wildman–Crippen MR) is 117 cm³/mol. The van der Waals surface area contributed by atoms with Crippen molar-refractivity contribution in [2.24, 2.45) is 5.92 Å². The van der Waals surface area contributed by atoms with Gasteiger partial charge < -0.3 is 10.2 Å². The number of thioether (sulfide) groups is 1. The van der Waals surface area contributed by atoms with Crippen LogP contribution in [0, 0.1) is 11.7 Å². The summed E-state index contributed by atoms with van der Waals surface area (Å²) in [4.78, 5) is 28.3. The highest BCUT2D eigenvalue weighted by Crippen LogP contribution is 2.41. The molecule has 2 fully saturated rings. The zero-order valence-electron chi connectivity index (χ0n) is 16.9. The maximum atomic E-state index is 13.4. The van der Waals surface area contributed by atoms with Gasteiger partial charge in [-0.25, -0.2) is 4.39 Å². The topological polar surface area (TPSA) is 49.4 Å². The van der Waals surface area contributed by atoms with Crippen LogP contribution in [0.4, 0.5) is 4.39 Å². The van der Waals surface area contributed by atoms with Gasteiger partial charge in [0, 0.05) is 17.9 Å². The van der Waals surface area contributed by atoms with Crippen LogP contribution in [0.5, 0.6) is 0 Å². The fourth-order valence-corrected chi connectivity index (χ4v) is 6.05. The Bertz CT molecular complexity index is 869. The van der Waals surface area contributed by atoms with Crippen molar-refractivity contribution < 1.29 is 14.0 Å². The minimum Gasteiger partial charge on any atom is -0.350 e. The van der Waals surface area contributed by atoms with Crippen LogP contribution in [0.3, 0.4) is 0 Å². The number of amides is 2. The van der Waals surface area contributed by atoms with Gasteiger partial charge in [-0.1, -0.05) is 49.6 Å². The summed E-state index contributed by atoms with van der Waals surface area (Å²) in [7, 11) is 0. The Labute approximate surface area is 181 Å². The van der Waals surface area contributed by atoms with Crippen molar-refractivity contribution in [2.75, 3.05) is 5.75 Å². The van der Waals surface area contributed by atoms with E-state index in [-0.39, 0.29) is 23.0 Å². The molecule has 0 unspecified atom stereocenters. The van der Waals surface area contributed by atoms with Crippen molar-refractivity contribution in [3.63, 3.8) is 0 Å². The quantitative estimate of drug-likeness (QED) is 0.760. The highest BCUT2D eigenvalue weighted by atomic mass is 32.2. The first-order valence-electron chi connectivity index (χ1n) is 10.6. The zero-order valence-corrected chi connectivity index (χ0v) is 17.7. The van der Waals surface area contributed by atoms with E-state index in [2.05, 4.69) is 5.32 Å². The maximum Gasteiger partial charge on any atom is 0.255 e. The van der Waals surface area contributed by atoms with Crippen molar-refractivity contribution in [3.8, 4) is 0 Å². The summed E-state index contributed by atoms with van der Waals surface area (Å²) in [6, 6.07) is 14.9. The molecule has 2 atom stereocenters. The number of halogens is 1. The van der Waals surface area contributed by atoms with E-state index in [1.54, 1.807) is 16.7 Å². The van der Waals surface area contributed by atoms with Crippen LogP contribution < -0.4 is 5.32 Å². The summed E-state index contributed by atoms with van der Waals surface area (Å²) in [5.74, 6) is 0.313. The second-order valence-corrected chi connectivity index (χ2v) is 9.21. The molecule has 1 aliphatic carbocycles. The van der Waals surface area contributed by atoms with Gasteiger partial charge in [0.15, 0.2) is 0 Å². The highest BCUT2D eigenvalue weighted by Gasteiger charge is 2.45. The number of hydrogen-bond acceptors (Lipinski definition) is 3. The Hall–Kier alpha value is -2.34. The average Bonchev–Trinajstić information content (AvgIpc) is 3.24. The number of carbonyl (C=O) groups excluding carboxylic acids is 2. The second-order valence-electron chi connectivity index (χ2n) is 8.06. The number of hydrogen-bond donors (Lipinski definition) is 1. The van der Waals surface area contributed by atoms with Crippen molar-refractivity contribution in [3.05, 3.63) is 71.5 Å². The van der Waals surface area contributed by atoms with E-state index in [9.17, 15) is 14.0 Å². The third-order valence-corrected chi connectivity index (χ3v) is 7.49. The lowest BCUT2D eigenvalue weighted by molar-refractivity contribution is -0.125. The minimum absolute atomic E-state index is 0.00433. The van der Waals surface area contributed by atoms with Crippen LogP contribution in [-0.2, 0) is 11.3 Å². The molecule has 1 saturated heterocycles. The Morgan fingerprint density at radius 2 is 1.70 bits per heavy atom. The van der Waals surface area contributed by atoms with E-state index in [4.69, 9.17) is 0 Å². The predicted octanol–water partition coefficient (Wildman–Crippen LogP) is 4.61. The Morgan fingerprint density at radius 1 is 1.00 bits per heavy atom. The molecule has 0 bridgehead atoms. The summed E-state index contributed by atoms with van der Waals surface area (Å²) >= 11 is 1.71. The number of carbonyl (C=O) groups is 2. The average molecular weight is 427 g/mol. The van der Waals surface area contributed by atoms with Gasteiger partial charge in [-0.15, -0.1) is 11.8 Å². The summed E-state index contributed by atoms with van der Waals surface area (Å²) in [5.41, 5.74) is 1.46. The van der Waals surface area contributed by atoms with Crippen LogP contribution >= 0.6 is 11.8 Å². The van der Waals surface area contributed by atoms with Crippen LogP contribution in [-0.4, -0.2) is 33.9 Å². The van der Waals surface area contributed by atoms with E-state index in [1.807, 2.05) is 30.3 Å². The SMILES string of the molecule is O=C(NCc1ccccc1)[C@@H]1CS[C@H](C2CCCCC2)N1C(=O)c1ccc(F)cc1. The van der Waals surface area contributed by atoms with E-state index >= 15 is 0 Å². The molecule has 1 aliphatic heterocycles. The van der Waals surface area contributed by atoms with Gasteiger partial charge >= 0.3 is 0 Å². The molecular formula is C24H27FN2O2S. The fraction of sp³-hybridized carbons (Fsp3) is 0.417. The molecule has 30 heavy (non-hydrogen) atoms. The molecule has 4 rings (SSSR count). The molecule has 2 amide bonds. The molecule has 1 heterocycles. The monoisotopic (exact) mass is 426 g/mol. The van der Waals surface area contributed by atoms with E-state index in [0.717, 1.165) is 18.4 Å². The number of nitrogens with one attached hydrogen (secondary N) is 1. The molecule has 2 aromatic carbocycles. The first kappa shape index (κ1) is 20.9. The van der Waals surface area contributed by atoms with Gasteiger partial charge in [0.1, 0.15) is 11.9 Å². The summed E-state index contributed by atoms with van der Waals surface area (Å²) in [6.07, 6.45) is 5.75. The molecule has 0 radical (unpaired) electrons. The van der Waals surface area contributed by atoms with Gasteiger partial charge in [0.05, 0.1) is 5.37 Å². The molecule has 2 aliphatic rings. The lowest BCUT2D eigenvalue weighted by Gasteiger charge is -2.35. The van der Waals surface area contributed by atoms with Gasteiger partial charge in [0.25, 0.3) is 5.91 Å². The van der Waals surface area contributed by atoms with Gasteiger partial charge in [0.2, 0.25) is 5.91 Å². The smallest absolute Gasteiger partial charge is 0.255 e. The Morgan fingerprint density at radius 3 is 2.40 bits per heavy atom. The van der Waals surface area contributed by atoms with Crippen molar-refractivity contribution in [1.82, 2.24) is 10.2 Å². The minimum atomic E-state index is -0.511. The molecule has 6 heteroatoms. The molecule has 0 spiro atoms. The molecule has 1 saturated carbocycles. The van der Waals surface area contributed by atoms with Gasteiger partial charge in [-0.05, 0) is 48.6 Å². The van der Waals surface area contributed by atoms with Crippen LogP contribution in [0.15, 0.2) is 54.6 Å². The molecular weight excluding hydrogens is 399 g/mol. The molecule has 4 nitrogen and oxygen atoms in total. The second kappa shape index (κ2) is 9.65. The summed E-state index contributed by atoms with van der Waals surface area (Å²) in [6.45, 7) is 0.438. The maximum absolute atomic E-state index is 13.4. The first-order chi connectivity index (χ1) is 14.6. The highest BCUT2D eigenvalue weighted by molar-refractivity contribution is 8.00. The molecule has 1 N–H and O–H groups in total. The summed E-state index contributed by atoms with van der Waals surface area (Å²) < 4.78 is 13.4. The van der Waals surface area contributed by atoms with Gasteiger partial charge in [-0.2, -0.15) is 0 Å². The van der Waals surface area contributed by atoms with Gasteiger partial charge in [-0.3, -0.25) is 9.59 Å². The lowest BCUT2D eigenvalue weighted by Crippen LogP contribution is -2.51. The number of nitrogens with zero attached hydrogens (tertiary/aromatic N) is 1. The first-order valence-corrected chi connectivity index (χ1v) is 11.7. The third-order valence-electron chi connectivity index (χ3n) is 6.03. The van der Waals surface area contributed by atoms with Crippen LogP contribution in [0.25, 0.3) is 0 Å². The lowest BCUT2D eigenvalue weighted by atomic mass is 9.88. The fourth-order valence-electron chi connectivity index (χ4n) is 4.41. The van der Waals surface area contributed by atoms with E-state index in [0.29, 0.717) is 23.8 Å². The number of benzene rings is 2. The van der Waals surface area contributed by atoms with Crippen molar-refractivity contribution >= 4 is 23.6 Å². The standard InChI is InChI=1S/C24H27FN2O2S/c25-20-13-11-18(12-14-20)23(29)27-21(16-30-24(27)19-9-5-2-6-10-19)22(28)26-15-17-7-3-1-4-8-17/h1,3-4,7-8,11-14,19,21,24H,2,5-6,9-10,15-16H2,(H,26,28)/t21-,24+/m0/s1. The zero-order chi connectivity index (χ0) is 20.9. The van der Waals surface area contributed by atoms with Crippen molar-refractivity contribution in [2.45, 2.75) is 50.1 Å². The molecule has 2 aromatic rings. The third kappa shape index (κ3) is 4.69. The van der Waals surface area contributed by atoms with E-state index in [1.165, 1.54) is 43.5 Å². The molecule has 0 aromatic heterocycles. The largest absolute Gasteiger partial charge is 0.350 e. The normalized spacial score (nSPS) is 22.1. The van der Waals surface area contributed by atoms with Crippen LogP contribution in [0.2, 0.25) is 0 Å². The van der Waals surface area contributed by atoms with E-state index < -0.39 is 6.04 Å². The van der Waals surface area contributed by atoms with Crippen LogP contribution in [0.1, 0.15) is 48.0 Å². The van der Waals surface area contributed by atoms with Crippen molar-refractivity contribution in [1.29, 1.82) is 0 Å². The summed E-state index contributed by atoms with van der Waals surface area (Å²) in [5, 5.41) is 3.00. The Balaban J connectivity index is 1.53. The number of rotatable bonds is 5. The molecule has 158 valence electrons.